The third kappa shape index (κ3) is 2.41. The molecule has 1 aromatic heterocycles. The predicted molar refractivity (Wildman–Crippen MR) is 67.9 cm³/mol. The van der Waals surface area contributed by atoms with Gasteiger partial charge in [-0.2, -0.15) is 0 Å². The van der Waals surface area contributed by atoms with E-state index in [4.69, 9.17) is 0 Å². The van der Waals surface area contributed by atoms with Gasteiger partial charge in [-0.3, -0.25) is 4.79 Å². The fraction of sp³-hybridized carbons (Fsp3) is 0.692. The summed E-state index contributed by atoms with van der Waals surface area (Å²) in [6.07, 6.45) is 9.92. The smallest absolute Gasteiger partial charge is 0.224 e. The molecule has 2 saturated heterocycles. The topological polar surface area (TPSA) is 59.0 Å². The van der Waals surface area contributed by atoms with Gasteiger partial charge < -0.3 is 15.2 Å². The Morgan fingerprint density at radius 3 is 3.11 bits per heavy atom. The minimum absolute atomic E-state index is 0.206. The van der Waals surface area contributed by atoms with Crippen LogP contribution in [0.5, 0.6) is 0 Å². The number of imidazole rings is 1. The number of rotatable bonds is 5. The molecule has 2 bridgehead atoms. The average Bonchev–Trinajstić information content (AvgIpc) is 3.10. The van der Waals surface area contributed by atoms with E-state index in [9.17, 15) is 4.79 Å². The van der Waals surface area contributed by atoms with Gasteiger partial charge in [0, 0.05) is 37.6 Å². The van der Waals surface area contributed by atoms with Crippen LogP contribution >= 0.6 is 0 Å². The summed E-state index contributed by atoms with van der Waals surface area (Å²) in [5.74, 6) is 0.442. The van der Waals surface area contributed by atoms with E-state index in [2.05, 4.69) is 15.6 Å². The second-order valence-corrected chi connectivity index (χ2v) is 5.33. The van der Waals surface area contributed by atoms with Crippen molar-refractivity contribution in [2.45, 2.75) is 44.3 Å². The summed E-state index contributed by atoms with van der Waals surface area (Å²) in [5, 5.41) is 6.56. The Morgan fingerprint density at radius 1 is 1.50 bits per heavy atom. The number of fused-ring (bicyclic) bond motifs is 2. The normalized spacial score (nSPS) is 29.7. The Hall–Kier alpha value is -1.36. The van der Waals surface area contributed by atoms with Gasteiger partial charge in [-0.25, -0.2) is 4.98 Å². The molecule has 3 atom stereocenters. The van der Waals surface area contributed by atoms with Gasteiger partial charge in [0.25, 0.3) is 0 Å². The molecule has 5 nitrogen and oxygen atoms in total. The molecule has 0 spiro atoms. The molecule has 2 N–H and O–H groups in total. The maximum absolute atomic E-state index is 12.0. The largest absolute Gasteiger partial charge is 0.356 e. The molecular weight excluding hydrogens is 228 g/mol. The quantitative estimate of drug-likeness (QED) is 0.747. The minimum Gasteiger partial charge on any atom is -0.356 e. The number of nitrogens with zero attached hydrogens (tertiary/aromatic N) is 2. The molecule has 1 aromatic rings. The first-order valence-corrected chi connectivity index (χ1v) is 6.82. The molecular formula is C13H20N4O. The van der Waals surface area contributed by atoms with Crippen LogP contribution in [-0.4, -0.2) is 34.1 Å². The summed E-state index contributed by atoms with van der Waals surface area (Å²) in [7, 11) is 0. The highest BCUT2D eigenvalue weighted by Gasteiger charge is 2.42. The van der Waals surface area contributed by atoms with Gasteiger partial charge in [0.15, 0.2) is 0 Å². The van der Waals surface area contributed by atoms with E-state index < -0.39 is 0 Å². The van der Waals surface area contributed by atoms with Crippen molar-refractivity contribution in [2.75, 3.05) is 6.54 Å². The Bertz CT molecular complexity index is 403. The molecule has 5 heteroatoms. The maximum atomic E-state index is 12.0. The minimum atomic E-state index is 0.206. The van der Waals surface area contributed by atoms with E-state index in [0.29, 0.717) is 12.1 Å². The molecule has 0 aliphatic carbocycles. The van der Waals surface area contributed by atoms with Crippen LogP contribution in [0.1, 0.15) is 25.7 Å². The summed E-state index contributed by atoms with van der Waals surface area (Å²) in [6, 6.07) is 1.03. The fourth-order valence-corrected chi connectivity index (χ4v) is 3.14. The van der Waals surface area contributed by atoms with Crippen molar-refractivity contribution in [3.63, 3.8) is 0 Å². The number of aryl methyl sites for hydroxylation is 1. The van der Waals surface area contributed by atoms with E-state index >= 15 is 0 Å². The molecule has 0 aromatic carbocycles. The predicted octanol–water partition coefficient (Wildman–Crippen LogP) is 0.530. The lowest BCUT2D eigenvalue weighted by molar-refractivity contribution is -0.125. The number of amides is 1. The summed E-state index contributed by atoms with van der Waals surface area (Å²) in [6.45, 7) is 1.67. The van der Waals surface area contributed by atoms with Gasteiger partial charge in [-0.1, -0.05) is 0 Å². The SMILES string of the molecule is O=C(NCCCn1ccnc1)C1CC2CCC1N2. The van der Waals surface area contributed by atoms with Crippen LogP contribution in [0, 0.1) is 5.92 Å². The first-order valence-electron chi connectivity index (χ1n) is 6.82. The van der Waals surface area contributed by atoms with Gasteiger partial charge in [0.05, 0.1) is 12.2 Å². The fourth-order valence-electron chi connectivity index (χ4n) is 3.14. The third-order valence-electron chi connectivity index (χ3n) is 4.09. The number of nitrogens with one attached hydrogen (secondary N) is 2. The molecule has 2 fully saturated rings. The second kappa shape index (κ2) is 5.10. The summed E-state index contributed by atoms with van der Waals surface area (Å²) in [5.41, 5.74) is 0. The first-order chi connectivity index (χ1) is 8.83. The second-order valence-electron chi connectivity index (χ2n) is 5.33. The van der Waals surface area contributed by atoms with Crippen molar-refractivity contribution in [1.82, 2.24) is 20.2 Å². The number of aromatic nitrogens is 2. The van der Waals surface area contributed by atoms with Crippen LogP contribution in [0.2, 0.25) is 0 Å². The van der Waals surface area contributed by atoms with E-state index in [-0.39, 0.29) is 11.8 Å². The van der Waals surface area contributed by atoms with Crippen molar-refractivity contribution in [3.8, 4) is 0 Å². The zero-order chi connectivity index (χ0) is 12.4. The molecule has 0 radical (unpaired) electrons. The standard InChI is InChI=1S/C13H20N4O/c18-13(11-8-10-2-3-12(11)16-10)15-4-1-6-17-7-5-14-9-17/h5,7,9-12,16H,1-4,6,8H2,(H,15,18). The summed E-state index contributed by atoms with van der Waals surface area (Å²) >= 11 is 0. The lowest BCUT2D eigenvalue weighted by atomic mass is 9.88. The van der Waals surface area contributed by atoms with E-state index in [1.54, 1.807) is 6.20 Å². The van der Waals surface area contributed by atoms with Crippen LogP contribution in [0.3, 0.4) is 0 Å². The average molecular weight is 248 g/mol. The molecule has 3 heterocycles. The molecule has 98 valence electrons. The Balaban J connectivity index is 1.37. The number of carbonyl (C=O) groups excluding carboxylic acids is 1. The lowest BCUT2D eigenvalue weighted by Crippen LogP contribution is -2.38. The van der Waals surface area contributed by atoms with E-state index in [1.807, 2.05) is 17.1 Å². The van der Waals surface area contributed by atoms with Crippen LogP contribution in [0.15, 0.2) is 18.7 Å². The van der Waals surface area contributed by atoms with Crippen molar-refractivity contribution >= 4 is 5.91 Å². The van der Waals surface area contributed by atoms with Crippen molar-refractivity contribution < 1.29 is 4.79 Å². The highest BCUT2D eigenvalue weighted by molar-refractivity contribution is 5.80. The number of carbonyl (C=O) groups is 1. The lowest BCUT2D eigenvalue weighted by Gasteiger charge is -2.19. The number of hydrogen-bond acceptors (Lipinski definition) is 3. The summed E-state index contributed by atoms with van der Waals surface area (Å²) in [4.78, 5) is 16.0. The first kappa shape index (κ1) is 11.7. The molecule has 18 heavy (non-hydrogen) atoms. The summed E-state index contributed by atoms with van der Waals surface area (Å²) < 4.78 is 2.03. The Labute approximate surface area is 107 Å². The molecule has 2 aliphatic heterocycles. The van der Waals surface area contributed by atoms with Crippen molar-refractivity contribution in [2.24, 2.45) is 5.92 Å². The zero-order valence-electron chi connectivity index (χ0n) is 10.5. The highest BCUT2D eigenvalue weighted by Crippen LogP contribution is 2.33. The highest BCUT2D eigenvalue weighted by atomic mass is 16.1. The molecule has 0 saturated carbocycles. The van der Waals surface area contributed by atoms with Gasteiger partial charge in [-0.15, -0.1) is 0 Å². The van der Waals surface area contributed by atoms with Crippen molar-refractivity contribution in [1.29, 1.82) is 0 Å². The van der Waals surface area contributed by atoms with Crippen LogP contribution in [-0.2, 0) is 11.3 Å². The number of hydrogen-bond donors (Lipinski definition) is 2. The monoisotopic (exact) mass is 248 g/mol. The van der Waals surface area contributed by atoms with Crippen LogP contribution in [0.25, 0.3) is 0 Å². The van der Waals surface area contributed by atoms with E-state index in [1.165, 1.54) is 6.42 Å². The molecule has 1 amide bonds. The van der Waals surface area contributed by atoms with Crippen molar-refractivity contribution in [3.05, 3.63) is 18.7 Å². The maximum Gasteiger partial charge on any atom is 0.224 e. The van der Waals surface area contributed by atoms with Crippen LogP contribution < -0.4 is 10.6 Å². The zero-order valence-corrected chi connectivity index (χ0v) is 10.5. The Kier molecular flexibility index (Phi) is 3.32. The van der Waals surface area contributed by atoms with Gasteiger partial charge in [-0.05, 0) is 25.7 Å². The molecule has 2 aliphatic rings. The van der Waals surface area contributed by atoms with Crippen LogP contribution in [0.4, 0.5) is 0 Å². The van der Waals surface area contributed by atoms with Gasteiger partial charge in [0.1, 0.15) is 0 Å². The third-order valence-corrected chi connectivity index (χ3v) is 4.09. The molecule has 3 unspecified atom stereocenters. The van der Waals surface area contributed by atoms with E-state index in [0.717, 1.165) is 32.4 Å². The Morgan fingerprint density at radius 2 is 2.44 bits per heavy atom. The van der Waals surface area contributed by atoms with Gasteiger partial charge in [0.2, 0.25) is 5.91 Å². The van der Waals surface area contributed by atoms with Gasteiger partial charge >= 0.3 is 0 Å². The molecule has 3 rings (SSSR count).